The van der Waals surface area contributed by atoms with Crippen molar-refractivity contribution in [3.05, 3.63) is 129 Å². The Hall–Kier alpha value is -6.38. The lowest BCUT2D eigenvalue weighted by Gasteiger charge is -2.44. The molecule has 6 unspecified atom stereocenters. The third-order valence-corrected chi connectivity index (χ3v) is 14.9. The van der Waals surface area contributed by atoms with Gasteiger partial charge in [-0.3, -0.25) is 29.0 Å². The second-order valence-electron chi connectivity index (χ2n) is 15.8. The summed E-state index contributed by atoms with van der Waals surface area (Å²) in [5.74, 6) is -4.97. The maximum absolute atomic E-state index is 14.9. The van der Waals surface area contributed by atoms with Gasteiger partial charge in [0.25, 0.3) is 0 Å². The van der Waals surface area contributed by atoms with Gasteiger partial charge in [0.2, 0.25) is 35.4 Å². The van der Waals surface area contributed by atoms with Crippen molar-refractivity contribution < 1.29 is 37.9 Å². The third kappa shape index (κ3) is 5.68. The highest BCUT2D eigenvalue weighted by Crippen LogP contribution is 2.60. The van der Waals surface area contributed by atoms with Crippen molar-refractivity contribution in [3.63, 3.8) is 0 Å². The molecule has 11 rings (SSSR count). The number of aromatic hydroxyl groups is 1. The van der Waals surface area contributed by atoms with Crippen molar-refractivity contribution >= 4 is 89.1 Å². The summed E-state index contributed by atoms with van der Waals surface area (Å²) in [6.45, 7) is 0. The minimum atomic E-state index is -0.858. The molecule has 2 saturated heterocycles. The number of rotatable bonds is 6. The summed E-state index contributed by atoms with van der Waals surface area (Å²) in [5, 5.41) is 10.9. The van der Waals surface area contributed by atoms with Crippen LogP contribution in [0.4, 0.5) is 11.4 Å². The minimum absolute atomic E-state index is 0.136. The molecule has 1 saturated carbocycles. The summed E-state index contributed by atoms with van der Waals surface area (Å²) in [5.41, 5.74) is 6.30. The molecule has 0 bridgehead atoms. The molecule has 14 heteroatoms. The number of methoxy groups -OCH3 is 1. The first-order chi connectivity index (χ1) is 29.6. The number of benzene rings is 5. The molecule has 302 valence electrons. The van der Waals surface area contributed by atoms with Crippen LogP contribution in [0.15, 0.2) is 133 Å². The van der Waals surface area contributed by atoms with E-state index in [-0.39, 0.29) is 48.0 Å². The zero-order valence-corrected chi connectivity index (χ0v) is 35.3. The van der Waals surface area contributed by atoms with E-state index in [1.165, 1.54) is 16.9 Å². The molecule has 3 fully saturated rings. The highest BCUT2D eigenvalue weighted by atomic mass is 79.9. The van der Waals surface area contributed by atoms with Crippen molar-refractivity contribution in [2.45, 2.75) is 18.8 Å². The molecule has 2 aliphatic carbocycles. The van der Waals surface area contributed by atoms with Gasteiger partial charge in [0.15, 0.2) is 22.7 Å². The molecular formula is C47H32Br2N4O8. The fourth-order valence-corrected chi connectivity index (χ4v) is 10.9. The smallest absolute Gasteiger partial charge is 0.238 e. The number of anilines is 2. The van der Waals surface area contributed by atoms with Crippen LogP contribution in [0.2, 0.25) is 0 Å². The van der Waals surface area contributed by atoms with Crippen LogP contribution in [0.25, 0.3) is 45.1 Å². The van der Waals surface area contributed by atoms with Crippen LogP contribution in [-0.2, 0) is 19.2 Å². The van der Waals surface area contributed by atoms with Gasteiger partial charge in [-0.05, 0) is 135 Å². The topological polar surface area (TPSA) is 156 Å². The van der Waals surface area contributed by atoms with Gasteiger partial charge in [-0.15, -0.1) is 0 Å². The van der Waals surface area contributed by atoms with Crippen molar-refractivity contribution in [1.82, 2.24) is 9.97 Å². The number of oxazole rings is 2. The number of ether oxygens (including phenoxy) is 1. The third-order valence-electron chi connectivity index (χ3n) is 12.7. The molecule has 2 aromatic heterocycles. The number of carbonyl (C=O) groups excluding carboxylic acids is 4. The van der Waals surface area contributed by atoms with Crippen LogP contribution in [0.1, 0.15) is 24.3 Å². The van der Waals surface area contributed by atoms with Gasteiger partial charge in [-0.2, -0.15) is 0 Å². The zero-order valence-electron chi connectivity index (χ0n) is 32.1. The van der Waals surface area contributed by atoms with Crippen molar-refractivity contribution in [2.24, 2.45) is 29.6 Å². The van der Waals surface area contributed by atoms with Crippen molar-refractivity contribution in [3.8, 4) is 34.4 Å². The molecular weight excluding hydrogens is 908 g/mol. The maximum Gasteiger partial charge on any atom is 0.238 e. The SMILES string of the molecule is COc1cc(C2C3=CCC4C(=O)N(c5ccc(-c6nc7ccccc7o6)cc5)C(=O)C4C3CC3C(=O)N(c4ccc(-c5nc6ccccc6o5)cc4)C(=O)C32)c(Br)c(Br)c1O. The Balaban J connectivity index is 0.956. The summed E-state index contributed by atoms with van der Waals surface area (Å²) in [6, 6.07) is 30.5. The van der Waals surface area contributed by atoms with E-state index in [2.05, 4.69) is 41.8 Å². The Morgan fingerprint density at radius 3 is 1.72 bits per heavy atom. The average molecular weight is 941 g/mol. The first-order valence-electron chi connectivity index (χ1n) is 19.7. The van der Waals surface area contributed by atoms with Gasteiger partial charge in [0.05, 0.1) is 46.6 Å². The molecule has 4 heterocycles. The highest BCUT2D eigenvalue weighted by Gasteiger charge is 2.62. The molecule has 6 atom stereocenters. The number of allylic oxidation sites excluding steroid dienone is 2. The summed E-state index contributed by atoms with van der Waals surface area (Å²) < 4.78 is 18.3. The van der Waals surface area contributed by atoms with Crippen LogP contribution in [0.3, 0.4) is 0 Å². The minimum Gasteiger partial charge on any atom is -0.503 e. The van der Waals surface area contributed by atoms with Crippen LogP contribution in [-0.4, -0.2) is 45.8 Å². The van der Waals surface area contributed by atoms with Crippen LogP contribution < -0.4 is 14.5 Å². The van der Waals surface area contributed by atoms with Gasteiger partial charge in [-0.1, -0.05) is 35.9 Å². The second kappa shape index (κ2) is 14.1. The molecule has 4 amide bonds. The number of phenolic OH excluding ortho intramolecular Hbond substituents is 1. The van der Waals surface area contributed by atoms with Crippen LogP contribution >= 0.6 is 31.9 Å². The van der Waals surface area contributed by atoms with E-state index in [1.54, 1.807) is 54.6 Å². The number of imide groups is 2. The Morgan fingerprint density at radius 2 is 1.18 bits per heavy atom. The van der Waals surface area contributed by atoms with E-state index in [4.69, 9.17) is 13.6 Å². The first kappa shape index (κ1) is 37.6. The molecule has 1 N–H and O–H groups in total. The van der Waals surface area contributed by atoms with Crippen LogP contribution in [0, 0.1) is 29.6 Å². The second-order valence-corrected chi connectivity index (χ2v) is 17.3. The van der Waals surface area contributed by atoms with Gasteiger partial charge >= 0.3 is 0 Å². The lowest BCUT2D eigenvalue weighted by molar-refractivity contribution is -0.126. The molecule has 7 aromatic rings. The number of phenols is 1. The predicted molar refractivity (Wildman–Crippen MR) is 231 cm³/mol. The summed E-state index contributed by atoms with van der Waals surface area (Å²) in [7, 11) is 1.43. The van der Waals surface area contributed by atoms with E-state index in [0.717, 1.165) is 11.1 Å². The summed E-state index contributed by atoms with van der Waals surface area (Å²) in [4.78, 5) is 70.2. The number of nitrogens with zero attached hydrogens (tertiary/aromatic N) is 4. The lowest BCUT2D eigenvalue weighted by atomic mass is 9.57. The van der Waals surface area contributed by atoms with Crippen molar-refractivity contribution in [1.29, 1.82) is 0 Å². The number of halogens is 2. The summed E-state index contributed by atoms with van der Waals surface area (Å²) >= 11 is 7.18. The molecule has 2 aliphatic heterocycles. The number of para-hydroxylation sites is 4. The fraction of sp³-hybridized carbons (Fsp3) is 0.191. The predicted octanol–water partition coefficient (Wildman–Crippen LogP) is 9.59. The molecule has 0 spiro atoms. The Labute approximate surface area is 364 Å². The van der Waals surface area contributed by atoms with Gasteiger partial charge in [-0.25, -0.2) is 9.97 Å². The number of hydrogen-bond donors (Lipinski definition) is 1. The van der Waals surface area contributed by atoms with Crippen molar-refractivity contribution in [2.75, 3.05) is 16.9 Å². The maximum atomic E-state index is 14.9. The quantitative estimate of drug-likeness (QED) is 0.126. The number of hydrogen-bond acceptors (Lipinski definition) is 10. The number of fused-ring (bicyclic) bond motifs is 6. The number of carbonyl (C=O) groups is 4. The zero-order chi connectivity index (χ0) is 41.8. The van der Waals surface area contributed by atoms with Crippen LogP contribution in [0.5, 0.6) is 11.5 Å². The van der Waals surface area contributed by atoms with Gasteiger partial charge in [0.1, 0.15) is 11.0 Å². The molecule has 5 aromatic carbocycles. The van der Waals surface area contributed by atoms with E-state index in [0.29, 0.717) is 65.5 Å². The number of aromatic nitrogens is 2. The standard InChI is InChI=1S/C47H32Br2N4O8/c1-59-35-21-29(39(48)40(49)41(35)54)36-26-18-19-27-37(46(57)52(44(27)55)24-14-10-22(11-15-24)42-50-31-6-2-4-8-33(31)60-42)28(26)20-30-38(36)47(58)53(45(30)56)25-16-12-23(13-17-25)43-51-32-7-3-5-9-34(32)61-43/h2-18,21,27-28,30,36-38,54H,19-20H2,1H3. The average Bonchev–Trinajstić information content (AvgIpc) is 4.04. The number of amides is 4. The first-order valence-corrected chi connectivity index (χ1v) is 21.3. The molecule has 0 radical (unpaired) electrons. The van der Waals surface area contributed by atoms with Gasteiger partial charge < -0.3 is 18.7 Å². The molecule has 12 nitrogen and oxygen atoms in total. The van der Waals surface area contributed by atoms with Gasteiger partial charge in [0, 0.05) is 21.5 Å². The lowest BCUT2D eigenvalue weighted by Crippen LogP contribution is -2.43. The molecule has 4 aliphatic rings. The highest BCUT2D eigenvalue weighted by molar-refractivity contribution is 9.13. The van der Waals surface area contributed by atoms with E-state index >= 15 is 0 Å². The fourth-order valence-electron chi connectivity index (χ4n) is 9.94. The van der Waals surface area contributed by atoms with E-state index < -0.39 is 35.5 Å². The Morgan fingerprint density at radius 1 is 0.656 bits per heavy atom. The normalized spacial score (nSPS) is 23.4. The Kier molecular flexibility index (Phi) is 8.69. The summed E-state index contributed by atoms with van der Waals surface area (Å²) in [6.07, 6.45) is 2.43. The molecule has 61 heavy (non-hydrogen) atoms. The van der Waals surface area contributed by atoms with E-state index in [1.807, 2.05) is 54.6 Å². The Bertz CT molecular complexity index is 2980. The largest absolute Gasteiger partial charge is 0.503 e. The van der Waals surface area contributed by atoms with E-state index in [9.17, 15) is 24.3 Å². The monoisotopic (exact) mass is 938 g/mol.